The van der Waals surface area contributed by atoms with Gasteiger partial charge in [0.1, 0.15) is 11.6 Å². The number of benzene rings is 3. The molecule has 0 saturated heterocycles. The standard InChI is InChI=1S/C24H21F2N3O2/c1-15-11-18-8-7-16(12-22(18)29(15)23(30)17-5-3-2-4-6-17)14-27-24(31)28-21-10-9-19(25)13-20(21)26/h2-10,12-13,15H,11,14H2,1H3,(H2,27,28,31)/t15-/m1/s1. The summed E-state index contributed by atoms with van der Waals surface area (Å²) in [7, 11) is 0. The van der Waals surface area contributed by atoms with Gasteiger partial charge in [-0.05, 0) is 54.8 Å². The van der Waals surface area contributed by atoms with Crippen LogP contribution in [0, 0.1) is 11.6 Å². The zero-order chi connectivity index (χ0) is 22.0. The summed E-state index contributed by atoms with van der Waals surface area (Å²) in [5.41, 5.74) is 3.20. The first-order valence-electron chi connectivity index (χ1n) is 9.92. The van der Waals surface area contributed by atoms with Crippen molar-refractivity contribution in [2.24, 2.45) is 0 Å². The van der Waals surface area contributed by atoms with Crippen LogP contribution in [0.15, 0.2) is 66.7 Å². The van der Waals surface area contributed by atoms with Crippen LogP contribution in [0.25, 0.3) is 0 Å². The molecule has 3 aromatic rings. The van der Waals surface area contributed by atoms with Gasteiger partial charge in [0.2, 0.25) is 0 Å². The molecule has 1 heterocycles. The largest absolute Gasteiger partial charge is 0.334 e. The molecule has 0 aliphatic carbocycles. The van der Waals surface area contributed by atoms with E-state index in [4.69, 9.17) is 0 Å². The Morgan fingerprint density at radius 2 is 1.81 bits per heavy atom. The Kier molecular flexibility index (Phi) is 5.66. The molecule has 3 amide bonds. The number of urea groups is 1. The maximum absolute atomic E-state index is 13.7. The van der Waals surface area contributed by atoms with E-state index < -0.39 is 17.7 Å². The molecule has 0 spiro atoms. The van der Waals surface area contributed by atoms with Crippen LogP contribution in [-0.2, 0) is 13.0 Å². The average Bonchev–Trinajstić information content (AvgIpc) is 3.09. The monoisotopic (exact) mass is 421 g/mol. The van der Waals surface area contributed by atoms with Crippen molar-refractivity contribution in [3.8, 4) is 0 Å². The molecular formula is C24H21F2N3O2. The van der Waals surface area contributed by atoms with E-state index in [9.17, 15) is 18.4 Å². The summed E-state index contributed by atoms with van der Waals surface area (Å²) in [6.07, 6.45) is 0.756. The van der Waals surface area contributed by atoms with Gasteiger partial charge in [0.25, 0.3) is 5.91 Å². The molecule has 0 bridgehead atoms. The fraction of sp³-hybridized carbons (Fsp3) is 0.167. The minimum absolute atomic E-state index is 0.0238. The number of fused-ring (bicyclic) bond motifs is 1. The summed E-state index contributed by atoms with van der Waals surface area (Å²) in [6.45, 7) is 2.19. The van der Waals surface area contributed by atoms with E-state index in [0.29, 0.717) is 11.6 Å². The molecule has 7 heteroatoms. The predicted molar refractivity (Wildman–Crippen MR) is 115 cm³/mol. The number of nitrogens with one attached hydrogen (secondary N) is 2. The first-order valence-corrected chi connectivity index (χ1v) is 9.92. The third kappa shape index (κ3) is 4.40. The molecule has 0 aromatic heterocycles. The average molecular weight is 421 g/mol. The highest BCUT2D eigenvalue weighted by molar-refractivity contribution is 6.07. The van der Waals surface area contributed by atoms with Gasteiger partial charge < -0.3 is 15.5 Å². The van der Waals surface area contributed by atoms with Crippen LogP contribution >= 0.6 is 0 Å². The zero-order valence-corrected chi connectivity index (χ0v) is 16.9. The molecule has 0 radical (unpaired) electrons. The predicted octanol–water partition coefficient (Wildman–Crippen LogP) is 4.88. The first kappa shape index (κ1) is 20.5. The van der Waals surface area contributed by atoms with Gasteiger partial charge in [0.05, 0.1) is 5.69 Å². The SMILES string of the molecule is C[C@@H]1Cc2ccc(CNC(=O)Nc3ccc(F)cc3F)cc2N1C(=O)c1ccccc1. The molecule has 1 atom stereocenters. The molecular weight excluding hydrogens is 400 g/mol. The molecule has 2 N–H and O–H groups in total. The first-order chi connectivity index (χ1) is 14.9. The second kappa shape index (κ2) is 8.55. The molecule has 0 unspecified atom stereocenters. The van der Waals surface area contributed by atoms with Crippen molar-refractivity contribution in [1.29, 1.82) is 0 Å². The molecule has 1 aliphatic rings. The van der Waals surface area contributed by atoms with Crippen LogP contribution in [0.3, 0.4) is 0 Å². The minimum Gasteiger partial charge on any atom is -0.334 e. The minimum atomic E-state index is -0.850. The highest BCUT2D eigenvalue weighted by Gasteiger charge is 2.31. The van der Waals surface area contributed by atoms with Crippen molar-refractivity contribution >= 4 is 23.3 Å². The Bertz CT molecular complexity index is 1130. The number of carbonyl (C=O) groups excluding carboxylic acids is 2. The Balaban J connectivity index is 1.46. The number of amides is 3. The van der Waals surface area contributed by atoms with E-state index in [2.05, 4.69) is 10.6 Å². The van der Waals surface area contributed by atoms with Crippen molar-refractivity contribution in [3.05, 3.63) is 95.1 Å². The van der Waals surface area contributed by atoms with Crippen LogP contribution in [0.5, 0.6) is 0 Å². The fourth-order valence-electron chi connectivity index (χ4n) is 3.73. The van der Waals surface area contributed by atoms with E-state index in [0.717, 1.165) is 35.4 Å². The number of anilines is 2. The maximum atomic E-state index is 13.7. The zero-order valence-electron chi connectivity index (χ0n) is 16.9. The summed E-state index contributed by atoms with van der Waals surface area (Å²) in [6, 6.07) is 17.2. The Hall–Kier alpha value is -3.74. The fourth-order valence-corrected chi connectivity index (χ4v) is 3.73. The molecule has 4 rings (SSSR count). The van der Waals surface area contributed by atoms with E-state index in [-0.39, 0.29) is 24.2 Å². The molecule has 158 valence electrons. The van der Waals surface area contributed by atoms with Crippen LogP contribution in [0.2, 0.25) is 0 Å². The van der Waals surface area contributed by atoms with Crippen LogP contribution in [-0.4, -0.2) is 18.0 Å². The molecule has 31 heavy (non-hydrogen) atoms. The van der Waals surface area contributed by atoms with Gasteiger partial charge in [-0.1, -0.05) is 30.3 Å². The Morgan fingerprint density at radius 1 is 1.03 bits per heavy atom. The lowest BCUT2D eigenvalue weighted by Crippen LogP contribution is -2.35. The third-order valence-electron chi connectivity index (χ3n) is 5.24. The quantitative estimate of drug-likeness (QED) is 0.631. The number of hydrogen-bond acceptors (Lipinski definition) is 2. The summed E-state index contributed by atoms with van der Waals surface area (Å²) in [5, 5.41) is 5.01. The number of halogens is 2. The lowest BCUT2D eigenvalue weighted by molar-refractivity contribution is 0.0981. The highest BCUT2D eigenvalue weighted by Crippen LogP contribution is 2.34. The van der Waals surface area contributed by atoms with E-state index in [1.54, 1.807) is 17.0 Å². The number of nitrogens with zero attached hydrogens (tertiary/aromatic N) is 1. The topological polar surface area (TPSA) is 61.4 Å². The van der Waals surface area contributed by atoms with Gasteiger partial charge in [-0.15, -0.1) is 0 Å². The summed E-state index contributed by atoms with van der Waals surface area (Å²) in [4.78, 5) is 26.9. The normalized spacial score (nSPS) is 14.8. The van der Waals surface area contributed by atoms with Gasteiger partial charge >= 0.3 is 6.03 Å². The van der Waals surface area contributed by atoms with Crippen LogP contribution in [0.1, 0.15) is 28.4 Å². The van der Waals surface area contributed by atoms with Crippen molar-refractivity contribution in [3.63, 3.8) is 0 Å². The second-order valence-electron chi connectivity index (χ2n) is 7.49. The Morgan fingerprint density at radius 3 is 2.55 bits per heavy atom. The summed E-state index contributed by atoms with van der Waals surface area (Å²) >= 11 is 0. The van der Waals surface area contributed by atoms with Crippen molar-refractivity contribution in [2.45, 2.75) is 25.9 Å². The summed E-state index contributed by atoms with van der Waals surface area (Å²) in [5.74, 6) is -1.64. The molecule has 0 fully saturated rings. The van der Waals surface area contributed by atoms with Crippen molar-refractivity contribution < 1.29 is 18.4 Å². The van der Waals surface area contributed by atoms with Gasteiger partial charge in [-0.2, -0.15) is 0 Å². The van der Waals surface area contributed by atoms with E-state index >= 15 is 0 Å². The smallest absolute Gasteiger partial charge is 0.319 e. The van der Waals surface area contributed by atoms with Gasteiger partial charge in [0.15, 0.2) is 0 Å². The summed E-state index contributed by atoms with van der Waals surface area (Å²) < 4.78 is 26.7. The van der Waals surface area contributed by atoms with Crippen molar-refractivity contribution in [2.75, 3.05) is 10.2 Å². The lowest BCUT2D eigenvalue weighted by Gasteiger charge is -2.23. The molecule has 1 aliphatic heterocycles. The van der Waals surface area contributed by atoms with E-state index in [1.807, 2.05) is 43.3 Å². The lowest BCUT2D eigenvalue weighted by atomic mass is 10.1. The molecule has 5 nitrogen and oxygen atoms in total. The second-order valence-corrected chi connectivity index (χ2v) is 7.49. The van der Waals surface area contributed by atoms with Crippen LogP contribution < -0.4 is 15.5 Å². The highest BCUT2D eigenvalue weighted by atomic mass is 19.1. The number of rotatable bonds is 4. The maximum Gasteiger partial charge on any atom is 0.319 e. The number of carbonyl (C=O) groups is 2. The number of hydrogen-bond donors (Lipinski definition) is 2. The third-order valence-corrected chi connectivity index (χ3v) is 5.24. The van der Waals surface area contributed by atoms with Crippen LogP contribution in [0.4, 0.5) is 25.0 Å². The molecule has 3 aromatic carbocycles. The van der Waals surface area contributed by atoms with Gasteiger partial charge in [0, 0.05) is 29.9 Å². The van der Waals surface area contributed by atoms with Gasteiger partial charge in [-0.25, -0.2) is 13.6 Å². The molecule has 0 saturated carbocycles. The Labute approximate surface area is 178 Å². The van der Waals surface area contributed by atoms with Gasteiger partial charge in [-0.3, -0.25) is 4.79 Å². The van der Waals surface area contributed by atoms with Crippen molar-refractivity contribution in [1.82, 2.24) is 5.32 Å². The van der Waals surface area contributed by atoms with E-state index in [1.165, 1.54) is 0 Å².